The summed E-state index contributed by atoms with van der Waals surface area (Å²) in [6, 6.07) is 18.8. The SMILES string of the molecule is CC(CNC(=O)OC(C)(C)C)c1ccc(-c2ccccc2)cc1. The molecule has 2 aromatic carbocycles. The van der Waals surface area contributed by atoms with E-state index >= 15 is 0 Å². The van der Waals surface area contributed by atoms with E-state index in [-0.39, 0.29) is 12.0 Å². The van der Waals surface area contributed by atoms with Crippen molar-refractivity contribution in [2.24, 2.45) is 0 Å². The Labute approximate surface area is 138 Å². The first-order valence-corrected chi connectivity index (χ1v) is 7.97. The van der Waals surface area contributed by atoms with Gasteiger partial charge >= 0.3 is 6.09 Å². The number of amides is 1. The largest absolute Gasteiger partial charge is 0.444 e. The molecule has 0 heterocycles. The Morgan fingerprint density at radius 2 is 1.57 bits per heavy atom. The fourth-order valence-electron chi connectivity index (χ4n) is 2.30. The van der Waals surface area contributed by atoms with Crippen molar-refractivity contribution >= 4 is 6.09 Å². The predicted octanol–water partition coefficient (Wildman–Crippen LogP) is 4.98. The molecular formula is C20H25NO2. The van der Waals surface area contributed by atoms with Gasteiger partial charge in [-0.2, -0.15) is 0 Å². The van der Waals surface area contributed by atoms with E-state index in [0.29, 0.717) is 6.54 Å². The molecule has 0 radical (unpaired) electrons. The molecule has 3 nitrogen and oxygen atoms in total. The molecule has 0 saturated carbocycles. The van der Waals surface area contributed by atoms with Crippen LogP contribution in [0.1, 0.15) is 39.2 Å². The monoisotopic (exact) mass is 311 g/mol. The van der Waals surface area contributed by atoms with E-state index in [1.807, 2.05) is 39.0 Å². The minimum atomic E-state index is -0.468. The maximum Gasteiger partial charge on any atom is 0.407 e. The molecule has 0 bridgehead atoms. The number of carbonyl (C=O) groups is 1. The van der Waals surface area contributed by atoms with Gasteiger partial charge in [0.2, 0.25) is 0 Å². The van der Waals surface area contributed by atoms with Gasteiger partial charge in [-0.3, -0.25) is 0 Å². The standard InChI is InChI=1S/C20H25NO2/c1-15(14-21-19(22)23-20(2,3)4)16-10-12-18(13-11-16)17-8-6-5-7-9-17/h5-13,15H,14H2,1-4H3,(H,21,22). The topological polar surface area (TPSA) is 38.3 Å². The summed E-state index contributed by atoms with van der Waals surface area (Å²) in [6.45, 7) is 8.23. The maximum absolute atomic E-state index is 11.7. The number of carbonyl (C=O) groups excluding carboxylic acids is 1. The van der Waals surface area contributed by atoms with Crippen molar-refractivity contribution in [3.63, 3.8) is 0 Å². The summed E-state index contributed by atoms with van der Waals surface area (Å²) >= 11 is 0. The molecule has 0 spiro atoms. The highest BCUT2D eigenvalue weighted by atomic mass is 16.6. The van der Waals surface area contributed by atoms with Crippen LogP contribution in [0, 0.1) is 0 Å². The zero-order valence-corrected chi connectivity index (χ0v) is 14.3. The smallest absolute Gasteiger partial charge is 0.407 e. The summed E-state index contributed by atoms with van der Waals surface area (Å²) in [5, 5.41) is 2.82. The lowest BCUT2D eigenvalue weighted by atomic mass is 9.97. The molecule has 23 heavy (non-hydrogen) atoms. The van der Waals surface area contributed by atoms with Gasteiger partial charge in [0.25, 0.3) is 0 Å². The number of hydrogen-bond donors (Lipinski definition) is 1. The molecule has 0 aliphatic carbocycles. The molecular weight excluding hydrogens is 286 g/mol. The molecule has 0 aliphatic heterocycles. The number of nitrogens with one attached hydrogen (secondary N) is 1. The van der Waals surface area contributed by atoms with Gasteiger partial charge in [0.1, 0.15) is 5.60 Å². The Balaban J connectivity index is 1.93. The van der Waals surface area contributed by atoms with Gasteiger partial charge in [-0.25, -0.2) is 4.79 Å². The summed E-state index contributed by atoms with van der Waals surface area (Å²) in [4.78, 5) is 11.7. The van der Waals surface area contributed by atoms with Gasteiger partial charge in [-0.15, -0.1) is 0 Å². The molecule has 1 amide bonds. The Bertz CT molecular complexity index is 627. The van der Waals surface area contributed by atoms with Crippen LogP contribution in [0.3, 0.4) is 0 Å². The lowest BCUT2D eigenvalue weighted by molar-refractivity contribution is 0.0525. The van der Waals surface area contributed by atoms with Crippen molar-refractivity contribution < 1.29 is 9.53 Å². The summed E-state index contributed by atoms with van der Waals surface area (Å²) in [7, 11) is 0. The fourth-order valence-corrected chi connectivity index (χ4v) is 2.30. The van der Waals surface area contributed by atoms with Gasteiger partial charge in [0, 0.05) is 6.54 Å². The summed E-state index contributed by atoms with van der Waals surface area (Å²) in [5.74, 6) is 0.229. The quantitative estimate of drug-likeness (QED) is 0.864. The molecule has 0 fully saturated rings. The van der Waals surface area contributed by atoms with Crippen molar-refractivity contribution in [3.05, 3.63) is 60.2 Å². The first kappa shape index (κ1) is 17.1. The first-order valence-electron chi connectivity index (χ1n) is 7.97. The van der Waals surface area contributed by atoms with Crippen molar-refractivity contribution in [2.75, 3.05) is 6.54 Å². The average Bonchev–Trinajstić information content (AvgIpc) is 2.52. The van der Waals surface area contributed by atoms with Crippen LogP contribution < -0.4 is 5.32 Å². The molecule has 0 saturated heterocycles. The van der Waals surface area contributed by atoms with E-state index in [9.17, 15) is 4.79 Å². The van der Waals surface area contributed by atoms with Crippen LogP contribution in [0.5, 0.6) is 0 Å². The lowest BCUT2D eigenvalue weighted by Crippen LogP contribution is -2.34. The van der Waals surface area contributed by atoms with Gasteiger partial charge in [0.15, 0.2) is 0 Å². The number of benzene rings is 2. The third-order valence-electron chi connectivity index (χ3n) is 3.54. The Morgan fingerprint density at radius 1 is 1.00 bits per heavy atom. The highest BCUT2D eigenvalue weighted by Crippen LogP contribution is 2.22. The second kappa shape index (κ2) is 7.32. The van der Waals surface area contributed by atoms with Gasteiger partial charge in [-0.05, 0) is 43.4 Å². The fraction of sp³-hybridized carbons (Fsp3) is 0.350. The van der Waals surface area contributed by atoms with E-state index in [2.05, 4.69) is 48.6 Å². The minimum absolute atomic E-state index is 0.229. The highest BCUT2D eigenvalue weighted by molar-refractivity contribution is 5.67. The molecule has 1 unspecified atom stereocenters. The third-order valence-corrected chi connectivity index (χ3v) is 3.54. The van der Waals surface area contributed by atoms with Crippen molar-refractivity contribution in [1.82, 2.24) is 5.32 Å². The maximum atomic E-state index is 11.7. The normalized spacial score (nSPS) is 12.5. The lowest BCUT2D eigenvalue weighted by Gasteiger charge is -2.21. The van der Waals surface area contributed by atoms with E-state index < -0.39 is 5.60 Å². The zero-order valence-electron chi connectivity index (χ0n) is 14.3. The van der Waals surface area contributed by atoms with Crippen molar-refractivity contribution in [2.45, 2.75) is 39.2 Å². The molecule has 3 heteroatoms. The summed E-state index contributed by atoms with van der Waals surface area (Å²) < 4.78 is 5.25. The second-order valence-electron chi connectivity index (χ2n) is 6.77. The van der Waals surface area contributed by atoms with Gasteiger partial charge in [0.05, 0.1) is 0 Å². The van der Waals surface area contributed by atoms with Crippen LogP contribution in [0.4, 0.5) is 4.79 Å². The van der Waals surface area contributed by atoms with Crippen molar-refractivity contribution in [1.29, 1.82) is 0 Å². The number of ether oxygens (including phenoxy) is 1. The minimum Gasteiger partial charge on any atom is -0.444 e. The van der Waals surface area contributed by atoms with Crippen LogP contribution in [-0.2, 0) is 4.74 Å². The molecule has 1 N–H and O–H groups in total. The summed E-state index contributed by atoms with van der Waals surface area (Å²) in [5.41, 5.74) is 3.13. The molecule has 0 aromatic heterocycles. The average molecular weight is 311 g/mol. The Hall–Kier alpha value is -2.29. The number of hydrogen-bond acceptors (Lipinski definition) is 2. The Morgan fingerprint density at radius 3 is 2.13 bits per heavy atom. The Kier molecular flexibility index (Phi) is 5.43. The first-order chi connectivity index (χ1) is 10.8. The van der Waals surface area contributed by atoms with E-state index in [1.54, 1.807) is 0 Å². The molecule has 1 atom stereocenters. The molecule has 0 aliphatic rings. The number of rotatable bonds is 4. The van der Waals surface area contributed by atoms with Crippen LogP contribution in [0.15, 0.2) is 54.6 Å². The van der Waals surface area contributed by atoms with E-state index in [4.69, 9.17) is 4.74 Å². The van der Waals surface area contributed by atoms with Crippen LogP contribution in [0.25, 0.3) is 11.1 Å². The predicted molar refractivity (Wildman–Crippen MR) is 94.5 cm³/mol. The second-order valence-corrected chi connectivity index (χ2v) is 6.77. The third kappa shape index (κ3) is 5.44. The molecule has 2 aromatic rings. The van der Waals surface area contributed by atoms with Crippen molar-refractivity contribution in [3.8, 4) is 11.1 Å². The van der Waals surface area contributed by atoms with Crippen LogP contribution in [0.2, 0.25) is 0 Å². The van der Waals surface area contributed by atoms with Crippen LogP contribution >= 0.6 is 0 Å². The van der Waals surface area contributed by atoms with E-state index in [1.165, 1.54) is 16.7 Å². The van der Waals surface area contributed by atoms with Gasteiger partial charge in [-0.1, -0.05) is 61.5 Å². The highest BCUT2D eigenvalue weighted by Gasteiger charge is 2.16. The van der Waals surface area contributed by atoms with Gasteiger partial charge < -0.3 is 10.1 Å². The summed E-state index contributed by atoms with van der Waals surface area (Å²) in [6.07, 6.45) is -0.370. The van der Waals surface area contributed by atoms with E-state index in [0.717, 1.165) is 0 Å². The molecule has 2 rings (SSSR count). The van der Waals surface area contributed by atoms with Crippen LogP contribution in [-0.4, -0.2) is 18.2 Å². The number of alkyl carbamates (subject to hydrolysis) is 1. The molecule has 122 valence electrons. The zero-order chi connectivity index (χ0) is 16.9.